The Balaban J connectivity index is 1.48. The molecule has 0 fully saturated rings. The molecule has 9 nitrogen and oxygen atoms in total. The van der Waals surface area contributed by atoms with Gasteiger partial charge in [-0.05, 0) is 51.1 Å². The fraction of sp³-hybridized carbons (Fsp3) is 0.346. The molecule has 0 spiro atoms. The summed E-state index contributed by atoms with van der Waals surface area (Å²) >= 11 is 6.44. The molecule has 1 aliphatic rings. The molecule has 2 N–H and O–H groups in total. The number of nitrogens with one attached hydrogen (secondary N) is 2. The summed E-state index contributed by atoms with van der Waals surface area (Å²) in [5.41, 5.74) is 2.31. The Labute approximate surface area is 226 Å². The average Bonchev–Trinajstić information content (AvgIpc) is 3.16. The van der Waals surface area contributed by atoms with Gasteiger partial charge in [-0.1, -0.05) is 17.7 Å². The van der Waals surface area contributed by atoms with Crippen LogP contribution < -0.4 is 20.3 Å². The number of sulfone groups is 1. The van der Waals surface area contributed by atoms with E-state index in [0.29, 0.717) is 41.0 Å². The molecule has 2 aromatic carbocycles. The largest absolute Gasteiger partial charge is 0.456 e. The van der Waals surface area contributed by atoms with Crippen molar-refractivity contribution in [2.24, 2.45) is 0 Å². The van der Waals surface area contributed by atoms with E-state index < -0.39 is 26.3 Å². The van der Waals surface area contributed by atoms with Gasteiger partial charge in [0, 0.05) is 43.6 Å². The van der Waals surface area contributed by atoms with E-state index >= 15 is 0 Å². The maximum atomic E-state index is 13.5. The predicted octanol–water partition coefficient (Wildman–Crippen LogP) is 4.50. The number of halogens is 2. The number of aromatic nitrogens is 2. The van der Waals surface area contributed by atoms with E-state index in [2.05, 4.69) is 25.5 Å². The molecular weight excluding hydrogens is 533 g/mol. The van der Waals surface area contributed by atoms with Crippen LogP contribution in [0.1, 0.15) is 26.5 Å². The van der Waals surface area contributed by atoms with Gasteiger partial charge in [-0.3, -0.25) is 4.79 Å². The smallest absolute Gasteiger partial charge is 0.240 e. The summed E-state index contributed by atoms with van der Waals surface area (Å²) in [5, 5.41) is 6.34. The number of amides is 1. The van der Waals surface area contributed by atoms with Gasteiger partial charge in [0.15, 0.2) is 15.7 Å². The van der Waals surface area contributed by atoms with E-state index in [1.165, 1.54) is 32.3 Å². The fourth-order valence-corrected chi connectivity index (χ4v) is 4.66. The number of rotatable bonds is 9. The van der Waals surface area contributed by atoms with Gasteiger partial charge in [0.2, 0.25) is 5.91 Å². The number of hydrogen-bond acceptors (Lipinski definition) is 8. The highest BCUT2D eigenvalue weighted by Gasteiger charge is 2.38. The Bertz CT molecular complexity index is 1470. The van der Waals surface area contributed by atoms with E-state index in [-0.39, 0.29) is 12.6 Å². The molecule has 0 radical (unpaired) electrons. The van der Waals surface area contributed by atoms with E-state index in [1.807, 2.05) is 6.92 Å². The first-order valence-corrected chi connectivity index (χ1v) is 14.2. The van der Waals surface area contributed by atoms with Crippen LogP contribution in [0.5, 0.6) is 11.5 Å². The lowest BCUT2D eigenvalue weighted by atomic mass is 10.2. The second kappa shape index (κ2) is 10.7. The summed E-state index contributed by atoms with van der Waals surface area (Å²) in [6.07, 6.45) is 3.22. The minimum atomic E-state index is -3.57. The molecule has 12 heteroatoms. The van der Waals surface area contributed by atoms with Crippen molar-refractivity contribution in [2.75, 3.05) is 29.6 Å². The second-order valence-corrected chi connectivity index (χ2v) is 12.6. The van der Waals surface area contributed by atoms with Gasteiger partial charge in [-0.25, -0.2) is 22.8 Å². The molecule has 0 bridgehead atoms. The number of anilines is 3. The van der Waals surface area contributed by atoms with Gasteiger partial charge in [0.25, 0.3) is 0 Å². The zero-order valence-corrected chi connectivity index (χ0v) is 23.0. The highest BCUT2D eigenvalue weighted by molar-refractivity contribution is 7.92. The maximum Gasteiger partial charge on any atom is 0.240 e. The molecule has 1 aromatic heterocycles. The van der Waals surface area contributed by atoms with Crippen molar-refractivity contribution >= 4 is 44.5 Å². The van der Waals surface area contributed by atoms with E-state index in [0.717, 1.165) is 17.6 Å². The number of ether oxygens (including phenoxy) is 1. The topological polar surface area (TPSA) is 114 Å². The van der Waals surface area contributed by atoms with Crippen LogP contribution in [0.3, 0.4) is 0 Å². The Morgan fingerprint density at radius 3 is 2.68 bits per heavy atom. The summed E-state index contributed by atoms with van der Waals surface area (Å²) in [7, 11) is -3.57. The first-order valence-electron chi connectivity index (χ1n) is 11.9. The molecule has 0 saturated heterocycles. The van der Waals surface area contributed by atoms with Crippen LogP contribution in [0, 0.1) is 5.82 Å². The molecule has 1 amide bonds. The highest BCUT2D eigenvalue weighted by Crippen LogP contribution is 2.38. The molecule has 1 unspecified atom stereocenters. The summed E-state index contributed by atoms with van der Waals surface area (Å²) in [6.45, 7) is 5.50. The summed E-state index contributed by atoms with van der Waals surface area (Å²) in [6, 6.07) is 11.0. The summed E-state index contributed by atoms with van der Waals surface area (Å²) < 4.78 is 41.6. The molecule has 1 aliphatic heterocycles. The lowest BCUT2D eigenvalue weighted by molar-refractivity contribution is -0.122. The van der Waals surface area contributed by atoms with Crippen LogP contribution in [0.15, 0.2) is 48.8 Å². The standard InChI is InChI=1S/C26H29ClFN5O4S/c1-16-12-21-23(33(16)11-10-29-25(34)26(2,3)38(4,35)36)24(31-15-30-21)32-18-8-9-22(20(27)14-18)37-19-7-5-6-17(28)13-19/h5-9,13-16H,10-12H2,1-4H3,(H,29,34)(H,30,31,32). The number of fused-ring (bicyclic) bond motifs is 1. The quantitative estimate of drug-likeness (QED) is 0.393. The minimum Gasteiger partial charge on any atom is -0.456 e. The van der Waals surface area contributed by atoms with Gasteiger partial charge in [-0.15, -0.1) is 0 Å². The third kappa shape index (κ3) is 5.83. The first kappa shape index (κ1) is 27.6. The SMILES string of the molecule is CC1Cc2ncnc(Nc3ccc(Oc4cccc(F)c4)c(Cl)c3)c2N1CCNC(=O)C(C)(C)S(C)(=O)=O. The average molecular weight is 562 g/mol. The van der Waals surface area contributed by atoms with Crippen LogP contribution in [0.4, 0.5) is 21.6 Å². The van der Waals surface area contributed by atoms with E-state index in [4.69, 9.17) is 16.3 Å². The number of carbonyl (C=O) groups excluding carboxylic acids is 1. The molecule has 0 saturated carbocycles. The van der Waals surface area contributed by atoms with Crippen molar-refractivity contribution in [1.82, 2.24) is 15.3 Å². The van der Waals surface area contributed by atoms with Gasteiger partial charge < -0.3 is 20.3 Å². The lowest BCUT2D eigenvalue weighted by Crippen LogP contribution is -2.49. The Hall–Kier alpha value is -3.44. The Kier molecular flexibility index (Phi) is 7.80. The maximum absolute atomic E-state index is 13.5. The van der Waals surface area contributed by atoms with Gasteiger partial charge in [0.05, 0.1) is 10.7 Å². The van der Waals surface area contributed by atoms with Crippen molar-refractivity contribution in [1.29, 1.82) is 0 Å². The van der Waals surface area contributed by atoms with Crippen molar-refractivity contribution in [3.8, 4) is 11.5 Å². The van der Waals surface area contributed by atoms with Crippen LogP contribution in [0.2, 0.25) is 5.02 Å². The fourth-order valence-electron chi connectivity index (χ4n) is 4.03. The van der Waals surface area contributed by atoms with Gasteiger partial charge in [-0.2, -0.15) is 0 Å². The van der Waals surface area contributed by atoms with Crippen molar-refractivity contribution in [3.05, 3.63) is 65.3 Å². The summed E-state index contributed by atoms with van der Waals surface area (Å²) in [4.78, 5) is 23.5. The first-order chi connectivity index (χ1) is 17.9. The number of hydrogen-bond donors (Lipinski definition) is 2. The zero-order chi connectivity index (χ0) is 27.7. The molecule has 2 heterocycles. The Morgan fingerprint density at radius 2 is 2.00 bits per heavy atom. The van der Waals surface area contributed by atoms with Crippen LogP contribution in [-0.2, 0) is 21.1 Å². The third-order valence-electron chi connectivity index (χ3n) is 6.54. The number of carbonyl (C=O) groups is 1. The zero-order valence-electron chi connectivity index (χ0n) is 21.5. The van der Waals surface area contributed by atoms with Crippen molar-refractivity contribution in [2.45, 2.75) is 38.0 Å². The normalized spacial score (nSPS) is 15.2. The molecule has 0 aliphatic carbocycles. The molecule has 4 rings (SSSR count). The van der Waals surface area contributed by atoms with Crippen molar-refractivity contribution < 1.29 is 22.3 Å². The minimum absolute atomic E-state index is 0.0905. The molecule has 3 aromatic rings. The van der Waals surface area contributed by atoms with Crippen LogP contribution >= 0.6 is 11.6 Å². The lowest BCUT2D eigenvalue weighted by Gasteiger charge is -2.27. The van der Waals surface area contributed by atoms with Gasteiger partial charge in [0.1, 0.15) is 34.1 Å². The molecule has 38 heavy (non-hydrogen) atoms. The summed E-state index contributed by atoms with van der Waals surface area (Å²) in [5.74, 6) is 0.311. The van der Waals surface area contributed by atoms with Crippen molar-refractivity contribution in [3.63, 3.8) is 0 Å². The van der Waals surface area contributed by atoms with Crippen LogP contribution in [-0.4, -0.2) is 54.4 Å². The van der Waals surface area contributed by atoms with Gasteiger partial charge >= 0.3 is 0 Å². The second-order valence-electron chi connectivity index (χ2n) is 9.63. The number of benzene rings is 2. The molecule has 202 valence electrons. The van der Waals surface area contributed by atoms with Crippen LogP contribution in [0.25, 0.3) is 0 Å². The predicted molar refractivity (Wildman–Crippen MR) is 146 cm³/mol. The third-order valence-corrected chi connectivity index (χ3v) is 8.87. The highest BCUT2D eigenvalue weighted by atomic mass is 35.5. The monoisotopic (exact) mass is 561 g/mol. The molecule has 1 atom stereocenters. The molecular formula is C26H29ClFN5O4S. The van der Waals surface area contributed by atoms with E-state index in [1.54, 1.807) is 30.3 Å². The van der Waals surface area contributed by atoms with E-state index in [9.17, 15) is 17.6 Å². The number of nitrogens with zero attached hydrogens (tertiary/aromatic N) is 3. The Morgan fingerprint density at radius 1 is 1.24 bits per heavy atom.